The van der Waals surface area contributed by atoms with E-state index in [0.29, 0.717) is 21.5 Å². The van der Waals surface area contributed by atoms with Gasteiger partial charge in [-0.3, -0.25) is 19.0 Å². The van der Waals surface area contributed by atoms with Gasteiger partial charge in [-0.25, -0.2) is 4.98 Å². The molecular formula is C26H24N4O3S. The Kier molecular flexibility index (Phi) is 6.22. The van der Waals surface area contributed by atoms with Crippen LogP contribution < -0.4 is 16.2 Å². The van der Waals surface area contributed by atoms with Crippen molar-refractivity contribution < 1.29 is 9.59 Å². The average molecular weight is 473 g/mol. The standard InChI is InChI=1S/C26H24N4O3S/c31-22(29-21-13-7-6-12-19(21)24(32)28-18-10-4-5-11-18)14-30-16-27-25-23(26(30)33)20(15-34-25)17-8-2-1-3-9-17/h1-3,6-9,12-13,15-16,18H,4-5,10-11,14H2,(H,28,32)(H,29,31). The summed E-state index contributed by atoms with van der Waals surface area (Å²) in [5.74, 6) is -0.602. The Morgan fingerprint density at radius 2 is 1.76 bits per heavy atom. The number of nitrogens with zero attached hydrogens (tertiary/aromatic N) is 2. The summed E-state index contributed by atoms with van der Waals surface area (Å²) in [6, 6.07) is 16.7. The normalized spacial score (nSPS) is 13.8. The minimum absolute atomic E-state index is 0.178. The van der Waals surface area contributed by atoms with Crippen molar-refractivity contribution in [3.63, 3.8) is 0 Å². The number of carbonyl (C=O) groups is 2. The van der Waals surface area contributed by atoms with Gasteiger partial charge in [0.25, 0.3) is 11.5 Å². The number of hydrogen-bond donors (Lipinski definition) is 2. The van der Waals surface area contributed by atoms with Gasteiger partial charge in [0, 0.05) is 17.0 Å². The monoisotopic (exact) mass is 472 g/mol. The Labute approximate surface area is 200 Å². The molecule has 34 heavy (non-hydrogen) atoms. The van der Waals surface area contributed by atoms with Crippen LogP contribution in [0.4, 0.5) is 5.69 Å². The fourth-order valence-electron chi connectivity index (χ4n) is 4.38. The second kappa shape index (κ2) is 9.61. The molecule has 1 fully saturated rings. The number of anilines is 1. The number of para-hydroxylation sites is 1. The molecule has 0 radical (unpaired) electrons. The van der Waals surface area contributed by atoms with E-state index in [1.165, 1.54) is 22.2 Å². The van der Waals surface area contributed by atoms with E-state index in [9.17, 15) is 14.4 Å². The Morgan fingerprint density at radius 3 is 2.56 bits per heavy atom. The highest BCUT2D eigenvalue weighted by atomic mass is 32.1. The average Bonchev–Trinajstić information content (AvgIpc) is 3.52. The first-order valence-electron chi connectivity index (χ1n) is 11.3. The van der Waals surface area contributed by atoms with Gasteiger partial charge in [0.2, 0.25) is 5.91 Å². The number of amides is 2. The summed E-state index contributed by atoms with van der Waals surface area (Å²) in [4.78, 5) is 43.9. The zero-order valence-electron chi connectivity index (χ0n) is 18.5. The summed E-state index contributed by atoms with van der Waals surface area (Å²) < 4.78 is 1.30. The van der Waals surface area contributed by atoms with Gasteiger partial charge in [-0.15, -0.1) is 11.3 Å². The summed E-state index contributed by atoms with van der Waals surface area (Å²) in [5, 5.41) is 8.27. The van der Waals surface area contributed by atoms with Crippen LogP contribution in [0, 0.1) is 0 Å². The van der Waals surface area contributed by atoms with Crippen LogP contribution in [0.1, 0.15) is 36.0 Å². The summed E-state index contributed by atoms with van der Waals surface area (Å²) in [6.07, 6.45) is 5.59. The third-order valence-corrected chi connectivity index (χ3v) is 6.98. The predicted octanol–water partition coefficient (Wildman–Crippen LogP) is 4.44. The molecule has 0 saturated heterocycles. The van der Waals surface area contributed by atoms with E-state index in [4.69, 9.17) is 0 Å². The molecule has 1 aliphatic rings. The lowest BCUT2D eigenvalue weighted by Crippen LogP contribution is -2.33. The van der Waals surface area contributed by atoms with Crippen molar-refractivity contribution in [3.05, 3.63) is 82.2 Å². The molecular weight excluding hydrogens is 448 g/mol. The Hall–Kier alpha value is -3.78. The van der Waals surface area contributed by atoms with E-state index < -0.39 is 5.91 Å². The predicted molar refractivity (Wildman–Crippen MR) is 134 cm³/mol. The molecule has 0 bridgehead atoms. The van der Waals surface area contributed by atoms with Crippen LogP contribution in [0.15, 0.2) is 71.1 Å². The molecule has 8 heteroatoms. The van der Waals surface area contributed by atoms with Crippen molar-refractivity contribution in [1.29, 1.82) is 0 Å². The van der Waals surface area contributed by atoms with Gasteiger partial charge in [-0.1, -0.05) is 55.3 Å². The Morgan fingerprint density at radius 1 is 1.03 bits per heavy atom. The van der Waals surface area contributed by atoms with Crippen molar-refractivity contribution in [1.82, 2.24) is 14.9 Å². The molecule has 172 valence electrons. The first-order chi connectivity index (χ1) is 16.6. The van der Waals surface area contributed by atoms with Crippen LogP contribution in [0.2, 0.25) is 0 Å². The van der Waals surface area contributed by atoms with Crippen LogP contribution in [-0.4, -0.2) is 27.4 Å². The Balaban J connectivity index is 1.36. The SMILES string of the molecule is O=C(Cn1cnc2scc(-c3ccccc3)c2c1=O)Nc1ccccc1C(=O)NC1CCCC1. The zero-order chi connectivity index (χ0) is 23.5. The minimum atomic E-state index is -0.402. The van der Waals surface area contributed by atoms with Gasteiger partial charge in [-0.2, -0.15) is 0 Å². The van der Waals surface area contributed by atoms with E-state index in [-0.39, 0.29) is 24.1 Å². The number of aromatic nitrogens is 2. The van der Waals surface area contributed by atoms with Crippen LogP contribution in [0.3, 0.4) is 0 Å². The van der Waals surface area contributed by atoms with Crippen LogP contribution in [-0.2, 0) is 11.3 Å². The summed E-state index contributed by atoms with van der Waals surface area (Å²) in [6.45, 7) is -0.204. The molecule has 2 heterocycles. The van der Waals surface area contributed by atoms with Crippen LogP contribution in [0.25, 0.3) is 21.3 Å². The molecule has 5 rings (SSSR count). The highest BCUT2D eigenvalue weighted by Crippen LogP contribution is 2.30. The topological polar surface area (TPSA) is 93.1 Å². The molecule has 1 aliphatic carbocycles. The summed E-state index contributed by atoms with van der Waals surface area (Å²) in [7, 11) is 0. The number of carbonyl (C=O) groups excluding carboxylic acids is 2. The smallest absolute Gasteiger partial charge is 0.263 e. The quantitative estimate of drug-likeness (QED) is 0.434. The van der Waals surface area contributed by atoms with Gasteiger partial charge in [-0.05, 0) is 30.5 Å². The lowest BCUT2D eigenvalue weighted by atomic mass is 10.1. The number of hydrogen-bond acceptors (Lipinski definition) is 5. The third kappa shape index (κ3) is 4.49. The van der Waals surface area contributed by atoms with E-state index in [1.54, 1.807) is 24.3 Å². The van der Waals surface area contributed by atoms with Gasteiger partial charge < -0.3 is 10.6 Å². The van der Waals surface area contributed by atoms with Crippen molar-refractivity contribution in [2.75, 3.05) is 5.32 Å². The first kappa shape index (κ1) is 22.0. The number of fused-ring (bicyclic) bond motifs is 1. The molecule has 2 N–H and O–H groups in total. The lowest BCUT2D eigenvalue weighted by Gasteiger charge is -2.15. The second-order valence-corrected chi connectivity index (χ2v) is 9.28. The van der Waals surface area contributed by atoms with E-state index in [1.807, 2.05) is 35.7 Å². The maximum Gasteiger partial charge on any atom is 0.263 e. The lowest BCUT2D eigenvalue weighted by molar-refractivity contribution is -0.116. The number of benzene rings is 2. The fraction of sp³-hybridized carbons (Fsp3) is 0.231. The van der Waals surface area contributed by atoms with Gasteiger partial charge >= 0.3 is 0 Å². The third-order valence-electron chi connectivity index (χ3n) is 6.10. The van der Waals surface area contributed by atoms with Gasteiger partial charge in [0.15, 0.2) is 0 Å². The van der Waals surface area contributed by atoms with Crippen molar-refractivity contribution in [3.8, 4) is 11.1 Å². The molecule has 2 aromatic heterocycles. The minimum Gasteiger partial charge on any atom is -0.349 e. The molecule has 2 aromatic carbocycles. The maximum absolute atomic E-state index is 13.2. The highest BCUT2D eigenvalue weighted by molar-refractivity contribution is 7.17. The number of rotatable bonds is 6. The molecule has 4 aromatic rings. The van der Waals surface area contributed by atoms with E-state index in [2.05, 4.69) is 15.6 Å². The first-order valence-corrected chi connectivity index (χ1v) is 12.2. The van der Waals surface area contributed by atoms with Crippen molar-refractivity contribution >= 4 is 39.1 Å². The van der Waals surface area contributed by atoms with Crippen LogP contribution in [0.5, 0.6) is 0 Å². The molecule has 7 nitrogen and oxygen atoms in total. The highest BCUT2D eigenvalue weighted by Gasteiger charge is 2.20. The largest absolute Gasteiger partial charge is 0.349 e. The van der Waals surface area contributed by atoms with E-state index in [0.717, 1.165) is 36.8 Å². The van der Waals surface area contributed by atoms with Crippen molar-refractivity contribution in [2.24, 2.45) is 0 Å². The van der Waals surface area contributed by atoms with E-state index >= 15 is 0 Å². The zero-order valence-corrected chi connectivity index (χ0v) is 19.3. The molecule has 0 spiro atoms. The van der Waals surface area contributed by atoms with Crippen LogP contribution >= 0.6 is 11.3 Å². The fourth-order valence-corrected chi connectivity index (χ4v) is 5.28. The molecule has 2 amide bonds. The van der Waals surface area contributed by atoms with Crippen molar-refractivity contribution in [2.45, 2.75) is 38.3 Å². The molecule has 1 saturated carbocycles. The van der Waals surface area contributed by atoms with Gasteiger partial charge in [0.05, 0.1) is 23.0 Å². The van der Waals surface area contributed by atoms with Gasteiger partial charge in [0.1, 0.15) is 11.4 Å². The molecule has 0 unspecified atom stereocenters. The summed E-state index contributed by atoms with van der Waals surface area (Å²) >= 11 is 1.40. The second-order valence-electron chi connectivity index (χ2n) is 8.42. The molecule has 0 aliphatic heterocycles. The maximum atomic E-state index is 13.2. The Bertz CT molecular complexity index is 1400. The molecule has 0 atom stereocenters. The number of thiophene rings is 1. The number of nitrogens with one attached hydrogen (secondary N) is 2. The summed E-state index contributed by atoms with van der Waals surface area (Å²) in [5.41, 5.74) is 2.30.